The Morgan fingerprint density at radius 3 is 2.50 bits per heavy atom. The third-order valence-electron chi connectivity index (χ3n) is 2.85. The molecule has 0 atom stereocenters. The average molecular weight is 331 g/mol. The highest BCUT2D eigenvalue weighted by atomic mass is 79.9. The van der Waals surface area contributed by atoms with Gasteiger partial charge < -0.3 is 0 Å². The molecule has 0 fully saturated rings. The summed E-state index contributed by atoms with van der Waals surface area (Å²) in [6, 6.07) is 15.2. The molecule has 0 spiro atoms. The molecule has 0 unspecified atom stereocenters. The lowest BCUT2D eigenvalue weighted by molar-refractivity contribution is 0.0954. The van der Waals surface area contributed by atoms with E-state index < -0.39 is 0 Å². The lowest BCUT2D eigenvalue weighted by Gasteiger charge is -2.04. The van der Waals surface area contributed by atoms with Crippen LogP contribution in [-0.2, 0) is 0 Å². The topological polar surface area (TPSA) is 41.5 Å². The molecule has 4 heteroatoms. The Morgan fingerprint density at radius 1 is 1.10 bits per heavy atom. The van der Waals surface area contributed by atoms with Crippen molar-refractivity contribution in [3.8, 4) is 0 Å². The van der Waals surface area contributed by atoms with Crippen LogP contribution in [0.3, 0.4) is 0 Å². The van der Waals surface area contributed by atoms with Gasteiger partial charge in [-0.25, -0.2) is 5.43 Å². The van der Waals surface area contributed by atoms with Gasteiger partial charge in [-0.05, 0) is 43.7 Å². The van der Waals surface area contributed by atoms with Crippen LogP contribution >= 0.6 is 15.9 Å². The summed E-state index contributed by atoms with van der Waals surface area (Å²) in [5.41, 5.74) is 5.95. The van der Waals surface area contributed by atoms with Crippen LogP contribution < -0.4 is 5.43 Å². The van der Waals surface area contributed by atoms with Crippen molar-refractivity contribution in [2.75, 3.05) is 0 Å². The quantitative estimate of drug-likeness (QED) is 0.672. The predicted molar refractivity (Wildman–Crippen MR) is 85.0 cm³/mol. The molecular weight excluding hydrogens is 316 g/mol. The van der Waals surface area contributed by atoms with Crippen LogP contribution in [-0.4, -0.2) is 11.6 Å². The average Bonchev–Trinajstić information content (AvgIpc) is 2.44. The predicted octanol–water partition coefficient (Wildman–Crippen LogP) is 3.91. The minimum Gasteiger partial charge on any atom is -0.267 e. The molecular formula is C16H15BrN2O. The summed E-state index contributed by atoms with van der Waals surface area (Å²) in [5, 5.41) is 4.14. The fourth-order valence-electron chi connectivity index (χ4n) is 1.76. The maximum Gasteiger partial charge on any atom is 0.271 e. The summed E-state index contributed by atoms with van der Waals surface area (Å²) in [5.74, 6) is -0.206. The summed E-state index contributed by atoms with van der Waals surface area (Å²) in [7, 11) is 0. The van der Waals surface area contributed by atoms with Crippen LogP contribution in [0.2, 0.25) is 0 Å². The van der Waals surface area contributed by atoms with Gasteiger partial charge in [0.1, 0.15) is 0 Å². The number of carbonyl (C=O) groups is 1. The SMILES string of the molecule is CC(=NNC(=O)c1cccc(C)c1)c1cccc(Br)c1. The third kappa shape index (κ3) is 3.78. The zero-order valence-electron chi connectivity index (χ0n) is 11.4. The number of aryl methyl sites for hydroxylation is 1. The summed E-state index contributed by atoms with van der Waals surface area (Å²) in [4.78, 5) is 12.0. The first-order chi connectivity index (χ1) is 9.56. The molecule has 0 aromatic heterocycles. The molecule has 0 bridgehead atoms. The van der Waals surface area contributed by atoms with Gasteiger partial charge in [-0.3, -0.25) is 4.79 Å². The van der Waals surface area contributed by atoms with Crippen molar-refractivity contribution < 1.29 is 4.79 Å². The van der Waals surface area contributed by atoms with Crippen LogP contribution in [0, 0.1) is 6.92 Å². The van der Waals surface area contributed by atoms with Crippen LogP contribution in [0.4, 0.5) is 0 Å². The second-order valence-electron chi connectivity index (χ2n) is 4.52. The zero-order valence-corrected chi connectivity index (χ0v) is 12.9. The number of hydrogen-bond donors (Lipinski definition) is 1. The van der Waals surface area contributed by atoms with Gasteiger partial charge in [0.05, 0.1) is 5.71 Å². The van der Waals surface area contributed by atoms with Crippen LogP contribution in [0.5, 0.6) is 0 Å². The molecule has 0 aliphatic rings. The van der Waals surface area contributed by atoms with Crippen molar-refractivity contribution in [1.29, 1.82) is 0 Å². The van der Waals surface area contributed by atoms with Crippen LogP contribution in [0.1, 0.15) is 28.4 Å². The number of hydrazone groups is 1. The maximum absolute atomic E-state index is 12.0. The highest BCUT2D eigenvalue weighted by Crippen LogP contribution is 2.12. The Labute approximate surface area is 126 Å². The van der Waals surface area contributed by atoms with Gasteiger partial charge in [0.15, 0.2) is 0 Å². The van der Waals surface area contributed by atoms with E-state index in [1.54, 1.807) is 6.07 Å². The third-order valence-corrected chi connectivity index (χ3v) is 3.34. The van der Waals surface area contributed by atoms with Crippen molar-refractivity contribution in [3.05, 3.63) is 69.7 Å². The Morgan fingerprint density at radius 2 is 1.80 bits per heavy atom. The molecule has 1 amide bonds. The molecule has 102 valence electrons. The first-order valence-corrected chi connectivity index (χ1v) is 7.03. The van der Waals surface area contributed by atoms with Crippen molar-refractivity contribution in [3.63, 3.8) is 0 Å². The molecule has 0 radical (unpaired) electrons. The maximum atomic E-state index is 12.0. The van der Waals surface area contributed by atoms with E-state index in [-0.39, 0.29) is 5.91 Å². The number of halogens is 1. The number of hydrogen-bond acceptors (Lipinski definition) is 2. The van der Waals surface area contributed by atoms with Gasteiger partial charge in [0, 0.05) is 10.0 Å². The minimum absolute atomic E-state index is 0.206. The highest BCUT2D eigenvalue weighted by Gasteiger charge is 2.05. The first-order valence-electron chi connectivity index (χ1n) is 6.23. The number of amides is 1. The first kappa shape index (κ1) is 14.5. The molecule has 0 saturated heterocycles. The van der Waals surface area contributed by atoms with Gasteiger partial charge in [-0.15, -0.1) is 0 Å². The normalized spacial score (nSPS) is 11.2. The zero-order chi connectivity index (χ0) is 14.5. The molecule has 0 heterocycles. The summed E-state index contributed by atoms with van der Waals surface area (Å²) >= 11 is 3.41. The smallest absolute Gasteiger partial charge is 0.267 e. The fourth-order valence-corrected chi connectivity index (χ4v) is 2.16. The lowest BCUT2D eigenvalue weighted by atomic mass is 10.1. The minimum atomic E-state index is -0.206. The van der Waals surface area contributed by atoms with E-state index in [1.807, 2.05) is 56.3 Å². The van der Waals surface area contributed by atoms with Crippen molar-refractivity contribution in [2.24, 2.45) is 5.10 Å². The van der Waals surface area contributed by atoms with Gasteiger partial charge in [0.2, 0.25) is 0 Å². The Bertz CT molecular complexity index is 665. The number of nitrogens with zero attached hydrogens (tertiary/aromatic N) is 1. The van der Waals surface area contributed by atoms with E-state index >= 15 is 0 Å². The molecule has 2 rings (SSSR count). The van der Waals surface area contributed by atoms with E-state index in [2.05, 4.69) is 26.5 Å². The Balaban J connectivity index is 2.11. The van der Waals surface area contributed by atoms with E-state index in [0.29, 0.717) is 5.56 Å². The van der Waals surface area contributed by atoms with E-state index in [0.717, 1.165) is 21.3 Å². The summed E-state index contributed by atoms with van der Waals surface area (Å²) in [6.45, 7) is 3.81. The van der Waals surface area contributed by atoms with Crippen LogP contribution in [0.15, 0.2) is 58.1 Å². The number of benzene rings is 2. The summed E-state index contributed by atoms with van der Waals surface area (Å²) in [6.07, 6.45) is 0. The number of nitrogens with one attached hydrogen (secondary N) is 1. The standard InChI is InChI=1S/C16H15BrN2O/c1-11-5-3-7-14(9-11)16(20)19-18-12(2)13-6-4-8-15(17)10-13/h3-10H,1-2H3,(H,19,20). The van der Waals surface area contributed by atoms with E-state index in [9.17, 15) is 4.79 Å². The van der Waals surface area contributed by atoms with E-state index in [1.165, 1.54) is 0 Å². The molecule has 2 aromatic rings. The van der Waals surface area contributed by atoms with Crippen molar-refractivity contribution in [2.45, 2.75) is 13.8 Å². The van der Waals surface area contributed by atoms with Crippen molar-refractivity contribution in [1.82, 2.24) is 5.43 Å². The van der Waals surface area contributed by atoms with Crippen molar-refractivity contribution >= 4 is 27.5 Å². The van der Waals surface area contributed by atoms with Gasteiger partial charge in [-0.2, -0.15) is 5.10 Å². The molecule has 2 aromatic carbocycles. The highest BCUT2D eigenvalue weighted by molar-refractivity contribution is 9.10. The molecule has 1 N–H and O–H groups in total. The van der Waals surface area contributed by atoms with Crippen LogP contribution in [0.25, 0.3) is 0 Å². The number of carbonyl (C=O) groups excluding carboxylic acids is 1. The monoisotopic (exact) mass is 330 g/mol. The fraction of sp³-hybridized carbons (Fsp3) is 0.125. The molecule has 0 saturated carbocycles. The second kappa shape index (κ2) is 6.48. The molecule has 20 heavy (non-hydrogen) atoms. The summed E-state index contributed by atoms with van der Waals surface area (Å²) < 4.78 is 0.981. The van der Waals surface area contributed by atoms with E-state index in [4.69, 9.17) is 0 Å². The lowest BCUT2D eigenvalue weighted by Crippen LogP contribution is -2.19. The molecule has 0 aliphatic heterocycles. The van der Waals surface area contributed by atoms with Gasteiger partial charge >= 0.3 is 0 Å². The molecule has 0 aliphatic carbocycles. The molecule has 3 nitrogen and oxygen atoms in total. The van der Waals surface area contributed by atoms with Gasteiger partial charge in [0.25, 0.3) is 5.91 Å². The second-order valence-corrected chi connectivity index (χ2v) is 5.43. The Kier molecular flexibility index (Phi) is 4.69. The van der Waals surface area contributed by atoms with Gasteiger partial charge in [-0.1, -0.05) is 45.8 Å². The number of rotatable bonds is 3. The largest absolute Gasteiger partial charge is 0.271 e. The Hall–Kier alpha value is -1.94.